The Labute approximate surface area is 111 Å². The molecule has 1 aromatic rings. The number of alkyl halides is 1. The summed E-state index contributed by atoms with van der Waals surface area (Å²) in [6.45, 7) is 0.654. The van der Waals surface area contributed by atoms with Crippen LogP contribution in [-0.4, -0.2) is 22.7 Å². The van der Waals surface area contributed by atoms with Crippen molar-refractivity contribution in [2.24, 2.45) is 5.92 Å². The standard InChI is InChI=1S/C12H11BrF3NO/c13-4-8-3-11(18)17(6-8)5-7-1-9(14)12(16)10(15)2-7/h1-2,8H,3-6H2. The number of hydrogen-bond donors (Lipinski definition) is 0. The van der Waals surface area contributed by atoms with Gasteiger partial charge in [-0.1, -0.05) is 15.9 Å². The fourth-order valence-corrected chi connectivity index (χ4v) is 2.46. The number of carbonyl (C=O) groups is 1. The second kappa shape index (κ2) is 5.30. The SMILES string of the molecule is O=C1CC(CBr)CN1Cc1cc(F)c(F)c(F)c1. The second-order valence-corrected chi connectivity index (χ2v) is 5.02. The number of carbonyl (C=O) groups excluding carboxylic acids is 1. The van der Waals surface area contributed by atoms with Crippen LogP contribution in [0.4, 0.5) is 13.2 Å². The molecule has 1 aliphatic rings. The lowest BCUT2D eigenvalue weighted by Gasteiger charge is -2.16. The third kappa shape index (κ3) is 2.68. The average Bonchev–Trinajstić information content (AvgIpc) is 2.67. The highest BCUT2D eigenvalue weighted by Crippen LogP contribution is 2.22. The van der Waals surface area contributed by atoms with Crippen LogP contribution in [0.15, 0.2) is 12.1 Å². The monoisotopic (exact) mass is 321 g/mol. The molecule has 1 unspecified atom stereocenters. The summed E-state index contributed by atoms with van der Waals surface area (Å²) in [6.07, 6.45) is 0.428. The van der Waals surface area contributed by atoms with Gasteiger partial charge in [-0.15, -0.1) is 0 Å². The molecule has 1 aromatic carbocycles. The second-order valence-electron chi connectivity index (χ2n) is 4.37. The first kappa shape index (κ1) is 13.4. The van der Waals surface area contributed by atoms with Gasteiger partial charge < -0.3 is 4.90 Å². The predicted octanol–water partition coefficient (Wildman–Crippen LogP) is 2.85. The summed E-state index contributed by atoms with van der Waals surface area (Å²) in [6, 6.07) is 1.85. The van der Waals surface area contributed by atoms with Gasteiger partial charge in [-0.05, 0) is 23.6 Å². The number of rotatable bonds is 3. The molecule has 1 atom stereocenters. The highest BCUT2D eigenvalue weighted by Gasteiger charge is 2.28. The lowest BCUT2D eigenvalue weighted by molar-refractivity contribution is -0.128. The summed E-state index contributed by atoms with van der Waals surface area (Å²) in [5.41, 5.74) is 0.259. The van der Waals surface area contributed by atoms with Crippen molar-refractivity contribution in [3.8, 4) is 0 Å². The quantitative estimate of drug-likeness (QED) is 0.619. The van der Waals surface area contributed by atoms with Gasteiger partial charge >= 0.3 is 0 Å². The van der Waals surface area contributed by atoms with Crippen molar-refractivity contribution >= 4 is 21.8 Å². The van der Waals surface area contributed by atoms with Crippen molar-refractivity contribution in [2.75, 3.05) is 11.9 Å². The van der Waals surface area contributed by atoms with Crippen LogP contribution in [-0.2, 0) is 11.3 Å². The minimum absolute atomic E-state index is 0.0513. The molecule has 1 fully saturated rings. The number of benzene rings is 1. The Morgan fingerprint density at radius 2 is 1.89 bits per heavy atom. The number of amides is 1. The van der Waals surface area contributed by atoms with E-state index in [0.717, 1.165) is 12.1 Å². The van der Waals surface area contributed by atoms with E-state index in [2.05, 4.69) is 15.9 Å². The topological polar surface area (TPSA) is 20.3 Å². The highest BCUT2D eigenvalue weighted by molar-refractivity contribution is 9.09. The average molecular weight is 322 g/mol. The third-order valence-corrected chi connectivity index (χ3v) is 3.85. The summed E-state index contributed by atoms with van der Waals surface area (Å²) < 4.78 is 38.8. The van der Waals surface area contributed by atoms with Gasteiger partial charge in [0, 0.05) is 24.8 Å². The molecule has 0 spiro atoms. The molecule has 2 rings (SSSR count). The van der Waals surface area contributed by atoms with Crippen LogP contribution < -0.4 is 0 Å². The first-order valence-corrected chi connectivity index (χ1v) is 6.60. The fourth-order valence-electron chi connectivity index (χ4n) is 2.03. The van der Waals surface area contributed by atoms with Crippen molar-refractivity contribution in [2.45, 2.75) is 13.0 Å². The first-order valence-electron chi connectivity index (χ1n) is 5.48. The van der Waals surface area contributed by atoms with E-state index in [-0.39, 0.29) is 23.9 Å². The zero-order chi connectivity index (χ0) is 13.3. The van der Waals surface area contributed by atoms with Gasteiger partial charge in [0.15, 0.2) is 17.5 Å². The fraction of sp³-hybridized carbons (Fsp3) is 0.417. The molecular weight excluding hydrogens is 311 g/mol. The van der Waals surface area contributed by atoms with Crippen LogP contribution in [0, 0.1) is 23.4 Å². The molecule has 0 bridgehead atoms. The van der Waals surface area contributed by atoms with Crippen LogP contribution in [0.3, 0.4) is 0 Å². The summed E-state index contributed by atoms with van der Waals surface area (Å²) in [7, 11) is 0. The summed E-state index contributed by atoms with van der Waals surface area (Å²) in [4.78, 5) is 13.2. The maximum absolute atomic E-state index is 13.0. The Kier molecular flexibility index (Phi) is 3.94. The smallest absolute Gasteiger partial charge is 0.223 e. The molecule has 18 heavy (non-hydrogen) atoms. The molecule has 0 aromatic heterocycles. The van der Waals surface area contributed by atoms with Gasteiger partial charge in [0.1, 0.15) is 0 Å². The van der Waals surface area contributed by atoms with E-state index in [4.69, 9.17) is 0 Å². The largest absolute Gasteiger partial charge is 0.338 e. The van der Waals surface area contributed by atoms with Gasteiger partial charge in [0.05, 0.1) is 0 Å². The van der Waals surface area contributed by atoms with E-state index in [1.807, 2.05) is 0 Å². The summed E-state index contributed by atoms with van der Waals surface area (Å²) >= 11 is 3.30. The lowest BCUT2D eigenvalue weighted by atomic mass is 10.1. The van der Waals surface area contributed by atoms with E-state index in [1.165, 1.54) is 4.90 Å². The zero-order valence-corrected chi connectivity index (χ0v) is 11.0. The third-order valence-electron chi connectivity index (χ3n) is 2.93. The van der Waals surface area contributed by atoms with Crippen LogP contribution in [0.2, 0.25) is 0 Å². The number of halogens is 4. The van der Waals surface area contributed by atoms with Gasteiger partial charge in [0.2, 0.25) is 5.91 Å². The molecule has 98 valence electrons. The Balaban J connectivity index is 2.13. The van der Waals surface area contributed by atoms with Crippen molar-refractivity contribution in [3.05, 3.63) is 35.1 Å². The molecule has 0 aliphatic carbocycles. The van der Waals surface area contributed by atoms with E-state index >= 15 is 0 Å². The molecule has 1 amide bonds. The van der Waals surface area contributed by atoms with E-state index in [1.54, 1.807) is 0 Å². The molecule has 6 heteroatoms. The Hall–Kier alpha value is -1.04. The van der Waals surface area contributed by atoms with Crippen molar-refractivity contribution < 1.29 is 18.0 Å². The predicted molar refractivity (Wildman–Crippen MR) is 63.6 cm³/mol. The Morgan fingerprint density at radius 1 is 1.28 bits per heavy atom. The number of nitrogens with zero attached hydrogens (tertiary/aromatic N) is 1. The first-order chi connectivity index (χ1) is 8.51. The Bertz CT molecular complexity index is 457. The van der Waals surface area contributed by atoms with Crippen molar-refractivity contribution in [1.82, 2.24) is 4.90 Å². The minimum atomic E-state index is -1.48. The normalized spacial score (nSPS) is 19.7. The number of likely N-dealkylation sites (tertiary alicyclic amines) is 1. The zero-order valence-electron chi connectivity index (χ0n) is 9.43. The Morgan fingerprint density at radius 3 is 2.39 bits per heavy atom. The van der Waals surface area contributed by atoms with Crippen LogP contribution >= 0.6 is 15.9 Å². The molecule has 1 saturated heterocycles. The van der Waals surface area contributed by atoms with E-state index < -0.39 is 17.5 Å². The maximum atomic E-state index is 13.0. The van der Waals surface area contributed by atoms with Gasteiger partial charge in [-0.3, -0.25) is 4.79 Å². The lowest BCUT2D eigenvalue weighted by Crippen LogP contribution is -2.25. The molecule has 2 nitrogen and oxygen atoms in total. The van der Waals surface area contributed by atoms with Crippen LogP contribution in [0.25, 0.3) is 0 Å². The van der Waals surface area contributed by atoms with Crippen LogP contribution in [0.1, 0.15) is 12.0 Å². The minimum Gasteiger partial charge on any atom is -0.338 e. The highest BCUT2D eigenvalue weighted by atomic mass is 79.9. The summed E-state index contributed by atoms with van der Waals surface area (Å²) in [5, 5.41) is 0.710. The van der Waals surface area contributed by atoms with Crippen LogP contribution in [0.5, 0.6) is 0 Å². The van der Waals surface area contributed by atoms with Gasteiger partial charge in [-0.25, -0.2) is 13.2 Å². The van der Waals surface area contributed by atoms with Crippen molar-refractivity contribution in [3.63, 3.8) is 0 Å². The van der Waals surface area contributed by atoms with Crippen molar-refractivity contribution in [1.29, 1.82) is 0 Å². The molecule has 0 N–H and O–H groups in total. The number of hydrogen-bond acceptors (Lipinski definition) is 1. The van der Waals surface area contributed by atoms with Gasteiger partial charge in [0.25, 0.3) is 0 Å². The molecule has 1 heterocycles. The molecule has 1 aliphatic heterocycles. The summed E-state index contributed by atoms with van der Waals surface area (Å²) in [5.74, 6) is -3.77. The van der Waals surface area contributed by atoms with Gasteiger partial charge in [-0.2, -0.15) is 0 Å². The molecule has 0 radical (unpaired) electrons. The molecular formula is C12H11BrF3NO. The van der Waals surface area contributed by atoms with E-state index in [0.29, 0.717) is 18.3 Å². The van der Waals surface area contributed by atoms with E-state index in [9.17, 15) is 18.0 Å². The molecule has 0 saturated carbocycles. The maximum Gasteiger partial charge on any atom is 0.223 e.